The number of amides is 1. The number of carbonyl (C=O) groups excluding carboxylic acids is 1. The van der Waals surface area contributed by atoms with E-state index in [0.717, 1.165) is 5.39 Å². The maximum absolute atomic E-state index is 11.1. The number of hydrogen-bond donors (Lipinski definition) is 1. The largest absolute Gasteiger partial charge is 0.354 e. The number of nitrogens with zero attached hydrogens (tertiary/aromatic N) is 1. The van der Waals surface area contributed by atoms with Gasteiger partial charge >= 0.3 is 0 Å². The van der Waals surface area contributed by atoms with E-state index in [-0.39, 0.29) is 5.91 Å². The summed E-state index contributed by atoms with van der Waals surface area (Å²) in [5.41, 5.74) is 0.680. The second-order valence-electron chi connectivity index (χ2n) is 2.93. The van der Waals surface area contributed by atoms with E-state index in [1.54, 1.807) is 6.92 Å². The Labute approximate surface area is 80.9 Å². The van der Waals surface area contributed by atoms with Crippen LogP contribution < -0.4 is 5.32 Å². The Morgan fingerprint density at radius 1 is 1.50 bits per heavy atom. The van der Waals surface area contributed by atoms with Crippen molar-refractivity contribution in [1.29, 1.82) is 0 Å². The van der Waals surface area contributed by atoms with E-state index >= 15 is 0 Å². The molecule has 0 aliphatic heterocycles. The van der Waals surface area contributed by atoms with Crippen LogP contribution in [0, 0.1) is 0 Å². The predicted molar refractivity (Wildman–Crippen MR) is 52.9 cm³/mol. The van der Waals surface area contributed by atoms with Crippen LogP contribution in [0.2, 0.25) is 0 Å². The second-order valence-corrected chi connectivity index (χ2v) is 2.93. The average molecular weight is 190 g/mol. The van der Waals surface area contributed by atoms with Gasteiger partial charge in [0.2, 0.25) is 5.91 Å². The maximum Gasteiger partial charge on any atom is 0.225 e. The molecule has 1 aromatic carbocycles. The third-order valence-electron chi connectivity index (χ3n) is 1.96. The minimum atomic E-state index is -0.0657. The number of fused-ring (bicyclic) bond motifs is 1. The Bertz CT molecular complexity index is 462. The Morgan fingerprint density at radius 3 is 3.07 bits per heavy atom. The van der Waals surface area contributed by atoms with E-state index in [1.807, 2.05) is 24.3 Å². The van der Waals surface area contributed by atoms with Crippen molar-refractivity contribution in [2.45, 2.75) is 13.3 Å². The number of aromatic nitrogens is 1. The predicted octanol–water partition coefficient (Wildman–Crippen LogP) is 2.18. The number of carbonyl (C=O) groups is 1. The molecule has 4 heteroatoms. The average Bonchev–Trinajstić information content (AvgIpc) is 2.62. The molecule has 0 aliphatic carbocycles. The van der Waals surface area contributed by atoms with E-state index in [2.05, 4.69) is 10.5 Å². The number of hydrogen-bond acceptors (Lipinski definition) is 3. The summed E-state index contributed by atoms with van der Waals surface area (Å²) in [7, 11) is 0. The molecule has 0 fully saturated rings. The molecule has 72 valence electrons. The Hall–Kier alpha value is -1.84. The first kappa shape index (κ1) is 8.74. The molecular formula is C10H10N2O2. The second kappa shape index (κ2) is 3.49. The highest BCUT2D eigenvalue weighted by Crippen LogP contribution is 2.21. The number of nitrogens with one attached hydrogen (secondary N) is 1. The van der Waals surface area contributed by atoms with Crippen molar-refractivity contribution in [3.05, 3.63) is 24.3 Å². The maximum atomic E-state index is 11.1. The van der Waals surface area contributed by atoms with Crippen molar-refractivity contribution < 1.29 is 9.32 Å². The van der Waals surface area contributed by atoms with Gasteiger partial charge in [-0.2, -0.15) is 0 Å². The van der Waals surface area contributed by atoms with E-state index in [9.17, 15) is 4.79 Å². The van der Waals surface area contributed by atoms with Gasteiger partial charge in [0.15, 0.2) is 11.4 Å². The van der Waals surface area contributed by atoms with Crippen LogP contribution in [0.1, 0.15) is 13.3 Å². The number of para-hydroxylation sites is 1. The van der Waals surface area contributed by atoms with Crippen LogP contribution in [0.25, 0.3) is 11.0 Å². The number of anilines is 1. The van der Waals surface area contributed by atoms with Gasteiger partial charge in [-0.15, -0.1) is 0 Å². The molecule has 1 N–H and O–H groups in total. The van der Waals surface area contributed by atoms with Gasteiger partial charge in [0.05, 0.1) is 5.39 Å². The lowest BCUT2D eigenvalue weighted by Crippen LogP contribution is -2.09. The Balaban J connectivity index is 2.38. The van der Waals surface area contributed by atoms with Gasteiger partial charge in [-0.05, 0) is 12.1 Å². The lowest BCUT2D eigenvalue weighted by atomic mass is 10.2. The van der Waals surface area contributed by atoms with Crippen molar-refractivity contribution >= 4 is 22.7 Å². The lowest BCUT2D eigenvalue weighted by molar-refractivity contribution is -0.115. The summed E-state index contributed by atoms with van der Waals surface area (Å²) in [4.78, 5) is 11.1. The van der Waals surface area contributed by atoms with Gasteiger partial charge in [-0.1, -0.05) is 24.2 Å². The van der Waals surface area contributed by atoms with Crippen LogP contribution in [0.5, 0.6) is 0 Å². The van der Waals surface area contributed by atoms with E-state index in [0.29, 0.717) is 17.8 Å². The van der Waals surface area contributed by atoms with Crippen LogP contribution in [0.4, 0.5) is 5.82 Å². The Kier molecular flexibility index (Phi) is 2.18. The SMILES string of the molecule is CCC(=O)Nc1noc2ccccc12. The van der Waals surface area contributed by atoms with Gasteiger partial charge in [0, 0.05) is 6.42 Å². The molecule has 0 bridgehead atoms. The molecule has 2 rings (SSSR count). The molecule has 0 spiro atoms. The summed E-state index contributed by atoms with van der Waals surface area (Å²) in [6, 6.07) is 7.40. The van der Waals surface area contributed by atoms with E-state index in [1.165, 1.54) is 0 Å². The molecule has 1 heterocycles. The van der Waals surface area contributed by atoms with Crippen molar-refractivity contribution in [2.24, 2.45) is 0 Å². The summed E-state index contributed by atoms with van der Waals surface area (Å²) in [6.45, 7) is 1.79. The zero-order chi connectivity index (χ0) is 9.97. The molecule has 14 heavy (non-hydrogen) atoms. The van der Waals surface area contributed by atoms with Crippen LogP contribution in [-0.2, 0) is 4.79 Å². The molecule has 0 aliphatic rings. The first-order valence-corrected chi connectivity index (χ1v) is 4.45. The van der Waals surface area contributed by atoms with Gasteiger partial charge in [-0.25, -0.2) is 0 Å². The normalized spacial score (nSPS) is 10.4. The van der Waals surface area contributed by atoms with Crippen LogP contribution in [-0.4, -0.2) is 11.1 Å². The fourth-order valence-electron chi connectivity index (χ4n) is 1.20. The summed E-state index contributed by atoms with van der Waals surface area (Å²) < 4.78 is 5.03. The molecule has 1 aromatic heterocycles. The zero-order valence-corrected chi connectivity index (χ0v) is 7.78. The van der Waals surface area contributed by atoms with Crippen molar-refractivity contribution in [3.8, 4) is 0 Å². The van der Waals surface area contributed by atoms with Crippen LogP contribution >= 0.6 is 0 Å². The standard InChI is InChI=1S/C10H10N2O2/c1-2-9(13)11-10-7-5-3-4-6-8(7)14-12-10/h3-6H,2H2,1H3,(H,11,12,13). The van der Waals surface area contributed by atoms with E-state index < -0.39 is 0 Å². The van der Waals surface area contributed by atoms with Gasteiger partial charge in [0.1, 0.15) is 0 Å². The first-order valence-electron chi connectivity index (χ1n) is 4.45. The molecule has 0 radical (unpaired) electrons. The zero-order valence-electron chi connectivity index (χ0n) is 7.78. The van der Waals surface area contributed by atoms with Crippen molar-refractivity contribution in [2.75, 3.05) is 5.32 Å². The quantitative estimate of drug-likeness (QED) is 0.789. The monoisotopic (exact) mass is 190 g/mol. The summed E-state index contributed by atoms with van der Waals surface area (Å²) in [5.74, 6) is 0.427. The van der Waals surface area contributed by atoms with Crippen LogP contribution in [0.15, 0.2) is 28.8 Å². The fraction of sp³-hybridized carbons (Fsp3) is 0.200. The van der Waals surface area contributed by atoms with Crippen molar-refractivity contribution in [3.63, 3.8) is 0 Å². The molecule has 0 saturated carbocycles. The molecule has 2 aromatic rings. The first-order chi connectivity index (χ1) is 6.81. The third-order valence-corrected chi connectivity index (χ3v) is 1.96. The molecule has 1 amide bonds. The van der Waals surface area contributed by atoms with Crippen molar-refractivity contribution in [1.82, 2.24) is 5.16 Å². The summed E-state index contributed by atoms with van der Waals surface area (Å²) in [5, 5.41) is 7.28. The highest BCUT2D eigenvalue weighted by molar-refractivity contribution is 5.98. The molecule has 4 nitrogen and oxygen atoms in total. The molecule has 0 saturated heterocycles. The van der Waals surface area contributed by atoms with Crippen LogP contribution in [0.3, 0.4) is 0 Å². The highest BCUT2D eigenvalue weighted by Gasteiger charge is 2.08. The molecule has 0 unspecified atom stereocenters. The minimum Gasteiger partial charge on any atom is -0.354 e. The number of rotatable bonds is 2. The van der Waals surface area contributed by atoms with Gasteiger partial charge in [-0.3, -0.25) is 4.79 Å². The Morgan fingerprint density at radius 2 is 2.29 bits per heavy atom. The topological polar surface area (TPSA) is 55.1 Å². The summed E-state index contributed by atoms with van der Waals surface area (Å²) in [6.07, 6.45) is 0.432. The smallest absolute Gasteiger partial charge is 0.225 e. The fourth-order valence-corrected chi connectivity index (χ4v) is 1.20. The minimum absolute atomic E-state index is 0.0657. The van der Waals surface area contributed by atoms with Gasteiger partial charge in [0.25, 0.3) is 0 Å². The van der Waals surface area contributed by atoms with E-state index in [4.69, 9.17) is 4.52 Å². The third kappa shape index (κ3) is 1.46. The van der Waals surface area contributed by atoms with Gasteiger partial charge < -0.3 is 9.84 Å². The molecule has 0 atom stereocenters. The summed E-state index contributed by atoms with van der Waals surface area (Å²) >= 11 is 0. The highest BCUT2D eigenvalue weighted by atomic mass is 16.5. The number of benzene rings is 1. The molecular weight excluding hydrogens is 180 g/mol. The lowest BCUT2D eigenvalue weighted by Gasteiger charge is -1.96.